The van der Waals surface area contributed by atoms with Crippen LogP contribution in [0.5, 0.6) is 0 Å². The summed E-state index contributed by atoms with van der Waals surface area (Å²) in [6.45, 7) is 0.679. The Morgan fingerprint density at radius 3 is 2.67 bits per heavy atom. The number of fused-ring (bicyclic) bond motifs is 1. The van der Waals surface area contributed by atoms with Crippen LogP contribution in [0.15, 0.2) is 30.3 Å². The van der Waals surface area contributed by atoms with Gasteiger partial charge in [0, 0.05) is 12.1 Å². The molecule has 4 nitrogen and oxygen atoms in total. The maximum Gasteiger partial charge on any atom is 0.328 e. The molecule has 1 saturated carbocycles. The summed E-state index contributed by atoms with van der Waals surface area (Å²) in [7, 11) is 1.38. The molecule has 1 heterocycles. The van der Waals surface area contributed by atoms with E-state index in [1.807, 2.05) is 18.2 Å². The molecule has 94 valence electrons. The number of methoxy groups -OCH3 is 1. The van der Waals surface area contributed by atoms with Crippen molar-refractivity contribution in [2.24, 2.45) is 11.8 Å². The van der Waals surface area contributed by atoms with Crippen LogP contribution in [-0.4, -0.2) is 36.5 Å². The molecular formula is C14H15NO3. The molecule has 3 rings (SSSR count). The number of benzene rings is 1. The smallest absolute Gasteiger partial charge is 0.328 e. The van der Waals surface area contributed by atoms with Gasteiger partial charge in [-0.3, -0.25) is 4.79 Å². The van der Waals surface area contributed by atoms with Crippen molar-refractivity contribution in [3.05, 3.63) is 35.9 Å². The minimum absolute atomic E-state index is 0.0711. The molecule has 1 amide bonds. The monoisotopic (exact) mass is 245 g/mol. The van der Waals surface area contributed by atoms with Crippen LogP contribution in [0.2, 0.25) is 0 Å². The molecule has 2 aliphatic rings. The van der Waals surface area contributed by atoms with E-state index in [9.17, 15) is 9.59 Å². The molecule has 0 unspecified atom stereocenters. The number of hydrogen-bond acceptors (Lipinski definition) is 3. The number of nitrogens with zero attached hydrogens (tertiary/aromatic N) is 1. The van der Waals surface area contributed by atoms with Crippen molar-refractivity contribution < 1.29 is 14.3 Å². The zero-order valence-corrected chi connectivity index (χ0v) is 10.2. The Labute approximate surface area is 106 Å². The maximum absolute atomic E-state index is 12.4. The van der Waals surface area contributed by atoms with Crippen LogP contribution in [0, 0.1) is 11.8 Å². The van der Waals surface area contributed by atoms with Gasteiger partial charge < -0.3 is 9.64 Å². The largest absolute Gasteiger partial charge is 0.467 e. The van der Waals surface area contributed by atoms with E-state index in [2.05, 4.69) is 0 Å². The van der Waals surface area contributed by atoms with Gasteiger partial charge in [-0.1, -0.05) is 18.2 Å². The second kappa shape index (κ2) is 4.12. The Morgan fingerprint density at radius 1 is 1.28 bits per heavy atom. The summed E-state index contributed by atoms with van der Waals surface area (Å²) in [6, 6.07) is 8.71. The first-order valence-corrected chi connectivity index (χ1v) is 6.16. The zero-order chi connectivity index (χ0) is 12.7. The van der Waals surface area contributed by atoms with Crippen LogP contribution in [0.25, 0.3) is 0 Å². The first kappa shape index (κ1) is 11.3. The number of carbonyl (C=O) groups is 2. The summed E-state index contributed by atoms with van der Waals surface area (Å²) in [4.78, 5) is 25.8. The van der Waals surface area contributed by atoms with Gasteiger partial charge >= 0.3 is 5.97 Å². The minimum Gasteiger partial charge on any atom is -0.467 e. The summed E-state index contributed by atoms with van der Waals surface area (Å²) >= 11 is 0. The predicted octanol–water partition coefficient (Wildman–Crippen LogP) is 1.32. The Morgan fingerprint density at radius 2 is 2.00 bits per heavy atom. The van der Waals surface area contributed by atoms with Gasteiger partial charge in [0.25, 0.3) is 5.91 Å². The SMILES string of the molecule is COC(=O)[C@H]1[C@@H]2C[C@@H]2CN1C(=O)c1ccccc1. The number of carbonyl (C=O) groups excluding carboxylic acids is 2. The lowest BCUT2D eigenvalue weighted by Crippen LogP contribution is -2.43. The normalized spacial score (nSPS) is 28.7. The van der Waals surface area contributed by atoms with E-state index < -0.39 is 0 Å². The Balaban J connectivity index is 1.84. The Bertz CT molecular complexity index is 485. The second-order valence-electron chi connectivity index (χ2n) is 4.95. The molecule has 0 radical (unpaired) electrons. The molecule has 1 aromatic carbocycles. The summed E-state index contributed by atoms with van der Waals surface area (Å²) in [5, 5.41) is 0. The molecule has 2 fully saturated rings. The molecule has 0 aromatic heterocycles. The lowest BCUT2D eigenvalue weighted by molar-refractivity contribution is -0.145. The molecule has 1 saturated heterocycles. The minimum atomic E-state index is -0.382. The topological polar surface area (TPSA) is 46.6 Å². The molecular weight excluding hydrogens is 230 g/mol. The van der Waals surface area contributed by atoms with Gasteiger partial charge in [0.15, 0.2) is 0 Å². The van der Waals surface area contributed by atoms with Crippen molar-refractivity contribution in [1.29, 1.82) is 0 Å². The zero-order valence-electron chi connectivity index (χ0n) is 10.2. The first-order valence-electron chi connectivity index (χ1n) is 6.16. The second-order valence-corrected chi connectivity index (χ2v) is 4.95. The van der Waals surface area contributed by atoms with Crippen LogP contribution in [-0.2, 0) is 9.53 Å². The standard InChI is InChI=1S/C14H15NO3/c1-18-14(17)12-11-7-10(11)8-15(12)13(16)9-5-3-2-4-6-9/h2-6,10-12H,7-8H2,1H3/t10-,11-,12-/m1/s1. The van der Waals surface area contributed by atoms with E-state index in [4.69, 9.17) is 4.74 Å². The molecule has 0 bridgehead atoms. The average Bonchev–Trinajstić information content (AvgIpc) is 3.09. The van der Waals surface area contributed by atoms with Gasteiger partial charge in [-0.15, -0.1) is 0 Å². The molecule has 4 heteroatoms. The molecule has 18 heavy (non-hydrogen) atoms. The predicted molar refractivity (Wildman–Crippen MR) is 64.9 cm³/mol. The number of ether oxygens (including phenoxy) is 1. The number of esters is 1. The van der Waals surface area contributed by atoms with Crippen LogP contribution in [0.3, 0.4) is 0 Å². The van der Waals surface area contributed by atoms with Crippen molar-refractivity contribution in [1.82, 2.24) is 4.90 Å². The molecule has 3 atom stereocenters. The van der Waals surface area contributed by atoms with Crippen molar-refractivity contribution in [3.8, 4) is 0 Å². The van der Waals surface area contributed by atoms with Gasteiger partial charge in [-0.05, 0) is 30.4 Å². The first-order chi connectivity index (χ1) is 8.72. The summed E-state index contributed by atoms with van der Waals surface area (Å²) < 4.78 is 4.81. The third kappa shape index (κ3) is 1.68. The van der Waals surface area contributed by atoms with Crippen molar-refractivity contribution in [2.75, 3.05) is 13.7 Å². The van der Waals surface area contributed by atoms with Gasteiger partial charge in [-0.25, -0.2) is 4.79 Å². The van der Waals surface area contributed by atoms with Gasteiger partial charge in [0.2, 0.25) is 0 Å². The highest BCUT2D eigenvalue weighted by molar-refractivity contribution is 5.97. The molecule has 0 N–H and O–H groups in total. The van der Waals surface area contributed by atoms with Crippen LogP contribution < -0.4 is 0 Å². The molecule has 1 aromatic rings. The van der Waals surface area contributed by atoms with Gasteiger partial charge in [-0.2, -0.15) is 0 Å². The quantitative estimate of drug-likeness (QED) is 0.738. The number of hydrogen-bond donors (Lipinski definition) is 0. The average molecular weight is 245 g/mol. The summed E-state index contributed by atoms with van der Waals surface area (Å²) in [5.41, 5.74) is 0.632. The Hall–Kier alpha value is -1.84. The summed E-state index contributed by atoms with van der Waals surface area (Å²) in [6.07, 6.45) is 1.04. The number of likely N-dealkylation sites (tertiary alicyclic amines) is 1. The van der Waals surface area contributed by atoms with E-state index in [0.717, 1.165) is 6.42 Å². The number of rotatable bonds is 2. The van der Waals surface area contributed by atoms with E-state index in [-0.39, 0.29) is 17.9 Å². The van der Waals surface area contributed by atoms with Crippen LogP contribution in [0.1, 0.15) is 16.8 Å². The fraction of sp³-hybridized carbons (Fsp3) is 0.429. The Kier molecular flexibility index (Phi) is 2.58. The van der Waals surface area contributed by atoms with Gasteiger partial charge in [0.05, 0.1) is 7.11 Å². The number of amides is 1. The van der Waals surface area contributed by atoms with Crippen LogP contribution in [0.4, 0.5) is 0 Å². The third-order valence-electron chi connectivity index (χ3n) is 3.87. The lowest BCUT2D eigenvalue weighted by Gasteiger charge is -2.25. The van der Waals surface area contributed by atoms with Crippen molar-refractivity contribution in [3.63, 3.8) is 0 Å². The van der Waals surface area contributed by atoms with E-state index in [1.165, 1.54) is 7.11 Å². The third-order valence-corrected chi connectivity index (χ3v) is 3.87. The van der Waals surface area contributed by atoms with E-state index >= 15 is 0 Å². The molecule has 1 aliphatic heterocycles. The fourth-order valence-electron chi connectivity index (χ4n) is 2.84. The van der Waals surface area contributed by atoms with Gasteiger partial charge in [0.1, 0.15) is 6.04 Å². The molecule has 1 aliphatic carbocycles. The van der Waals surface area contributed by atoms with Crippen LogP contribution >= 0.6 is 0 Å². The van der Waals surface area contributed by atoms with Crippen molar-refractivity contribution >= 4 is 11.9 Å². The lowest BCUT2D eigenvalue weighted by atomic mass is 10.1. The highest BCUT2D eigenvalue weighted by atomic mass is 16.5. The highest BCUT2D eigenvalue weighted by Gasteiger charge is 2.57. The van der Waals surface area contributed by atoms with Crippen molar-refractivity contribution in [2.45, 2.75) is 12.5 Å². The molecule has 0 spiro atoms. The van der Waals surface area contributed by atoms with E-state index in [0.29, 0.717) is 23.9 Å². The fourth-order valence-corrected chi connectivity index (χ4v) is 2.84. The summed E-state index contributed by atoms with van der Waals surface area (Å²) in [5.74, 6) is 0.439. The van der Waals surface area contributed by atoms with E-state index in [1.54, 1.807) is 17.0 Å². The highest BCUT2D eigenvalue weighted by Crippen LogP contribution is 2.50. The number of piperidine rings is 1. The maximum atomic E-state index is 12.4.